The summed E-state index contributed by atoms with van der Waals surface area (Å²) in [6.07, 6.45) is 12.2. The molecule has 0 amide bonds. The van der Waals surface area contributed by atoms with E-state index in [9.17, 15) is 5.11 Å². The van der Waals surface area contributed by atoms with Gasteiger partial charge in [-0.2, -0.15) is 0 Å². The highest BCUT2D eigenvalue weighted by molar-refractivity contribution is 4.91. The third-order valence-corrected chi connectivity index (χ3v) is 4.70. The van der Waals surface area contributed by atoms with Gasteiger partial charge in [0.05, 0.1) is 5.60 Å². The van der Waals surface area contributed by atoms with Gasteiger partial charge in [-0.25, -0.2) is 0 Å². The molecule has 2 nitrogen and oxygen atoms in total. The van der Waals surface area contributed by atoms with Crippen molar-refractivity contribution >= 4 is 0 Å². The number of hydrogen-bond donors (Lipinski definition) is 1. The normalized spacial score (nSPS) is 36.0. The van der Waals surface area contributed by atoms with Gasteiger partial charge in [0.25, 0.3) is 0 Å². The fourth-order valence-corrected chi connectivity index (χ4v) is 3.64. The van der Waals surface area contributed by atoms with Crippen molar-refractivity contribution in [2.75, 3.05) is 13.1 Å². The number of piperidine rings is 1. The van der Waals surface area contributed by atoms with E-state index in [4.69, 9.17) is 0 Å². The van der Waals surface area contributed by atoms with Gasteiger partial charge in [-0.05, 0) is 58.0 Å². The lowest BCUT2D eigenvalue weighted by Crippen LogP contribution is -2.47. The van der Waals surface area contributed by atoms with Crippen LogP contribution >= 0.6 is 0 Å². The molecule has 1 heterocycles. The first-order chi connectivity index (χ1) is 8.23. The van der Waals surface area contributed by atoms with E-state index in [-0.39, 0.29) is 5.60 Å². The largest absolute Gasteiger partial charge is 0.390 e. The summed E-state index contributed by atoms with van der Waals surface area (Å²) >= 11 is 0. The summed E-state index contributed by atoms with van der Waals surface area (Å²) in [4.78, 5) is 2.65. The molecule has 0 spiro atoms. The lowest BCUT2D eigenvalue weighted by molar-refractivity contribution is -0.0410. The quantitative estimate of drug-likeness (QED) is 0.813. The molecule has 2 fully saturated rings. The molecule has 17 heavy (non-hydrogen) atoms. The SMILES string of the molecule is CCCC[C@]1(O)CCC[C@@H](N2CCCCC2)C1. The number of rotatable bonds is 4. The van der Waals surface area contributed by atoms with Crippen LogP contribution in [0, 0.1) is 0 Å². The highest BCUT2D eigenvalue weighted by Gasteiger charge is 2.36. The number of aliphatic hydroxyl groups is 1. The van der Waals surface area contributed by atoms with E-state index in [1.165, 1.54) is 58.0 Å². The average Bonchev–Trinajstić information content (AvgIpc) is 2.38. The van der Waals surface area contributed by atoms with Crippen LogP contribution in [-0.2, 0) is 0 Å². The molecule has 1 saturated carbocycles. The second kappa shape index (κ2) is 6.19. The monoisotopic (exact) mass is 239 g/mol. The summed E-state index contributed by atoms with van der Waals surface area (Å²) < 4.78 is 0. The maximum absolute atomic E-state index is 10.7. The Kier molecular flexibility index (Phi) is 4.87. The summed E-state index contributed by atoms with van der Waals surface area (Å²) in [5, 5.41) is 10.7. The van der Waals surface area contributed by atoms with Crippen molar-refractivity contribution in [3.05, 3.63) is 0 Å². The van der Waals surface area contributed by atoms with E-state index >= 15 is 0 Å². The lowest BCUT2D eigenvalue weighted by Gasteiger charge is -2.43. The fraction of sp³-hybridized carbons (Fsp3) is 1.00. The minimum absolute atomic E-state index is 0.337. The number of nitrogens with zero attached hydrogens (tertiary/aromatic N) is 1. The van der Waals surface area contributed by atoms with E-state index in [2.05, 4.69) is 11.8 Å². The molecule has 2 atom stereocenters. The van der Waals surface area contributed by atoms with Crippen LogP contribution < -0.4 is 0 Å². The van der Waals surface area contributed by atoms with Crippen molar-refractivity contribution < 1.29 is 5.11 Å². The summed E-state index contributed by atoms with van der Waals surface area (Å²) in [5.74, 6) is 0. The third kappa shape index (κ3) is 3.69. The van der Waals surface area contributed by atoms with Gasteiger partial charge in [-0.15, -0.1) is 0 Å². The average molecular weight is 239 g/mol. The topological polar surface area (TPSA) is 23.5 Å². The Hall–Kier alpha value is -0.0800. The predicted molar refractivity (Wildman–Crippen MR) is 72.2 cm³/mol. The van der Waals surface area contributed by atoms with Gasteiger partial charge >= 0.3 is 0 Å². The highest BCUT2D eigenvalue weighted by atomic mass is 16.3. The predicted octanol–water partition coefficient (Wildman–Crippen LogP) is 3.34. The molecule has 1 aliphatic carbocycles. The molecule has 2 heteroatoms. The van der Waals surface area contributed by atoms with Gasteiger partial charge in [0.1, 0.15) is 0 Å². The molecular formula is C15H29NO. The molecule has 2 aliphatic rings. The standard InChI is InChI=1S/C15H29NO/c1-2-3-9-15(17)10-7-8-14(13-15)16-11-5-4-6-12-16/h14,17H,2-13H2,1H3/t14-,15+/m1/s1. The molecule has 0 aromatic heterocycles. The van der Waals surface area contributed by atoms with Gasteiger partial charge in [-0.3, -0.25) is 0 Å². The zero-order valence-corrected chi connectivity index (χ0v) is 11.5. The Morgan fingerprint density at radius 1 is 1.18 bits per heavy atom. The van der Waals surface area contributed by atoms with Crippen molar-refractivity contribution in [1.82, 2.24) is 4.90 Å². The molecule has 100 valence electrons. The van der Waals surface area contributed by atoms with E-state index in [0.29, 0.717) is 6.04 Å². The second-order valence-electron chi connectivity index (χ2n) is 6.17. The van der Waals surface area contributed by atoms with Gasteiger partial charge in [-0.1, -0.05) is 26.2 Å². The summed E-state index contributed by atoms with van der Waals surface area (Å²) in [7, 11) is 0. The lowest BCUT2D eigenvalue weighted by atomic mass is 9.78. The van der Waals surface area contributed by atoms with Gasteiger partial charge in [0.15, 0.2) is 0 Å². The minimum Gasteiger partial charge on any atom is -0.390 e. The van der Waals surface area contributed by atoms with Crippen LogP contribution in [0.2, 0.25) is 0 Å². The molecular weight excluding hydrogens is 210 g/mol. The number of hydrogen-bond acceptors (Lipinski definition) is 2. The Balaban J connectivity index is 1.86. The fourth-order valence-electron chi connectivity index (χ4n) is 3.64. The maximum atomic E-state index is 10.7. The van der Waals surface area contributed by atoms with Crippen molar-refractivity contribution in [2.24, 2.45) is 0 Å². The molecule has 0 radical (unpaired) electrons. The second-order valence-corrected chi connectivity index (χ2v) is 6.17. The molecule has 1 saturated heterocycles. The van der Waals surface area contributed by atoms with Crippen molar-refractivity contribution in [3.63, 3.8) is 0 Å². The van der Waals surface area contributed by atoms with Crippen LogP contribution in [0.1, 0.15) is 71.1 Å². The van der Waals surface area contributed by atoms with E-state index in [1.54, 1.807) is 0 Å². The van der Waals surface area contributed by atoms with E-state index < -0.39 is 0 Å². The van der Waals surface area contributed by atoms with Crippen LogP contribution in [-0.4, -0.2) is 34.7 Å². The van der Waals surface area contributed by atoms with E-state index in [0.717, 1.165) is 19.3 Å². The Morgan fingerprint density at radius 2 is 1.94 bits per heavy atom. The van der Waals surface area contributed by atoms with Crippen molar-refractivity contribution in [1.29, 1.82) is 0 Å². The molecule has 0 aromatic rings. The van der Waals surface area contributed by atoms with Crippen molar-refractivity contribution in [2.45, 2.75) is 82.8 Å². The summed E-state index contributed by atoms with van der Waals surface area (Å²) in [6.45, 7) is 4.76. The van der Waals surface area contributed by atoms with Crippen LogP contribution in [0.15, 0.2) is 0 Å². The molecule has 1 N–H and O–H groups in total. The zero-order valence-electron chi connectivity index (χ0n) is 11.5. The van der Waals surface area contributed by atoms with Crippen LogP contribution in [0.25, 0.3) is 0 Å². The number of unbranched alkanes of at least 4 members (excludes halogenated alkanes) is 1. The Labute approximate surface area is 106 Å². The first-order valence-electron chi connectivity index (χ1n) is 7.70. The molecule has 0 aromatic carbocycles. The highest BCUT2D eigenvalue weighted by Crippen LogP contribution is 2.35. The van der Waals surface area contributed by atoms with Crippen molar-refractivity contribution in [3.8, 4) is 0 Å². The van der Waals surface area contributed by atoms with E-state index in [1.807, 2.05) is 0 Å². The molecule has 1 aliphatic heterocycles. The van der Waals surface area contributed by atoms with Gasteiger partial charge in [0, 0.05) is 6.04 Å². The summed E-state index contributed by atoms with van der Waals surface area (Å²) in [5.41, 5.74) is -0.337. The van der Waals surface area contributed by atoms with Crippen LogP contribution in [0.5, 0.6) is 0 Å². The first kappa shape index (κ1) is 13.4. The maximum Gasteiger partial charge on any atom is 0.0662 e. The summed E-state index contributed by atoms with van der Waals surface area (Å²) in [6, 6.07) is 0.672. The minimum atomic E-state index is -0.337. The molecule has 0 bridgehead atoms. The zero-order chi connectivity index (χ0) is 12.1. The Bertz CT molecular complexity index is 225. The third-order valence-electron chi connectivity index (χ3n) is 4.70. The van der Waals surface area contributed by atoms with Gasteiger partial charge < -0.3 is 10.0 Å². The van der Waals surface area contributed by atoms with Crippen LogP contribution in [0.3, 0.4) is 0 Å². The molecule has 2 rings (SSSR count). The van der Waals surface area contributed by atoms with Crippen LogP contribution in [0.4, 0.5) is 0 Å². The van der Waals surface area contributed by atoms with Gasteiger partial charge in [0.2, 0.25) is 0 Å². The smallest absolute Gasteiger partial charge is 0.0662 e. The first-order valence-corrected chi connectivity index (χ1v) is 7.70. The Morgan fingerprint density at radius 3 is 2.65 bits per heavy atom. The molecule has 0 unspecified atom stereocenters. The number of likely N-dealkylation sites (tertiary alicyclic amines) is 1.